The van der Waals surface area contributed by atoms with Gasteiger partial charge in [-0.1, -0.05) is 17.3 Å². The molecule has 0 bridgehead atoms. The quantitative estimate of drug-likeness (QED) is 0.773. The lowest BCUT2D eigenvalue weighted by Gasteiger charge is -1.99. The lowest BCUT2D eigenvalue weighted by molar-refractivity contribution is 0.0697. The fourth-order valence-corrected chi connectivity index (χ4v) is 1.72. The first-order valence-electron chi connectivity index (χ1n) is 5.68. The fourth-order valence-electron chi connectivity index (χ4n) is 1.72. The highest BCUT2D eigenvalue weighted by Gasteiger charge is 2.17. The molecule has 0 radical (unpaired) electrons. The molecule has 0 saturated carbocycles. The van der Waals surface area contributed by atoms with Gasteiger partial charge >= 0.3 is 5.97 Å². The first-order valence-corrected chi connectivity index (χ1v) is 5.68. The predicted molar refractivity (Wildman–Crippen MR) is 67.7 cm³/mol. The molecule has 2 heterocycles. The van der Waals surface area contributed by atoms with Crippen molar-refractivity contribution < 1.29 is 14.4 Å². The minimum atomic E-state index is -1.05. The maximum atomic E-state index is 11.2. The molecular formula is C13H8N4O3. The molecule has 2 aromatic heterocycles. The summed E-state index contributed by atoms with van der Waals surface area (Å²) in [6.45, 7) is 0. The molecular weight excluding hydrogens is 260 g/mol. The molecule has 3 rings (SSSR count). The molecule has 1 N–H and O–H groups in total. The van der Waals surface area contributed by atoms with Crippen LogP contribution >= 0.6 is 0 Å². The van der Waals surface area contributed by atoms with E-state index in [1.54, 1.807) is 30.5 Å². The van der Waals surface area contributed by atoms with E-state index in [9.17, 15) is 4.79 Å². The largest absolute Gasteiger partial charge is 0.478 e. The van der Waals surface area contributed by atoms with Crippen LogP contribution in [0.15, 0.2) is 47.4 Å². The van der Waals surface area contributed by atoms with Gasteiger partial charge in [0.05, 0.1) is 11.1 Å². The van der Waals surface area contributed by atoms with Gasteiger partial charge in [0, 0.05) is 6.20 Å². The number of carbonyl (C=O) groups is 1. The number of hydrogen-bond donors (Lipinski definition) is 1. The summed E-state index contributed by atoms with van der Waals surface area (Å²) in [7, 11) is 0. The van der Waals surface area contributed by atoms with Crippen molar-refractivity contribution in [3.63, 3.8) is 0 Å². The Kier molecular flexibility index (Phi) is 2.92. The molecule has 0 atom stereocenters. The highest BCUT2D eigenvalue weighted by Crippen LogP contribution is 2.24. The smallest absolute Gasteiger partial charge is 0.336 e. The maximum absolute atomic E-state index is 11.2. The first kappa shape index (κ1) is 12.0. The zero-order valence-electron chi connectivity index (χ0n) is 10.1. The average Bonchev–Trinajstić information content (AvgIpc) is 2.98. The van der Waals surface area contributed by atoms with Crippen molar-refractivity contribution in [2.45, 2.75) is 0 Å². The highest BCUT2D eigenvalue weighted by atomic mass is 16.5. The van der Waals surface area contributed by atoms with Crippen molar-refractivity contribution >= 4 is 5.97 Å². The summed E-state index contributed by atoms with van der Waals surface area (Å²) in [5.74, 6) is -0.637. The molecule has 0 amide bonds. The Hall–Kier alpha value is -3.09. The monoisotopic (exact) mass is 268 g/mol. The molecule has 0 fully saturated rings. The maximum Gasteiger partial charge on any atom is 0.336 e. The van der Waals surface area contributed by atoms with Crippen molar-refractivity contribution in [2.75, 3.05) is 0 Å². The van der Waals surface area contributed by atoms with Gasteiger partial charge in [-0.2, -0.15) is 4.98 Å². The summed E-state index contributed by atoms with van der Waals surface area (Å²) >= 11 is 0. The van der Waals surface area contributed by atoms with Crippen LogP contribution in [-0.2, 0) is 0 Å². The van der Waals surface area contributed by atoms with E-state index in [2.05, 4.69) is 20.1 Å². The number of carboxylic acid groups (broad SMARTS) is 1. The van der Waals surface area contributed by atoms with Gasteiger partial charge in [0.25, 0.3) is 5.89 Å². The molecule has 7 nitrogen and oxygen atoms in total. The van der Waals surface area contributed by atoms with Crippen molar-refractivity contribution in [3.05, 3.63) is 48.4 Å². The van der Waals surface area contributed by atoms with Crippen LogP contribution in [0.25, 0.3) is 23.0 Å². The summed E-state index contributed by atoms with van der Waals surface area (Å²) in [6, 6.07) is 8.07. The van der Waals surface area contributed by atoms with E-state index in [0.717, 1.165) is 0 Å². The lowest BCUT2D eigenvalue weighted by Crippen LogP contribution is -1.99. The number of rotatable bonds is 3. The van der Waals surface area contributed by atoms with Gasteiger partial charge < -0.3 is 9.63 Å². The standard InChI is InChI=1S/C13H8N4O3/c18-13(19)9-4-2-1-3-8(9)12-16-11(17-20-12)10-5-6-14-7-15-10/h1-7H,(H,18,19). The van der Waals surface area contributed by atoms with E-state index in [-0.39, 0.29) is 17.3 Å². The summed E-state index contributed by atoms with van der Waals surface area (Å²) in [5.41, 5.74) is 0.973. The zero-order valence-corrected chi connectivity index (χ0v) is 10.1. The Bertz CT molecular complexity index is 755. The number of aromatic nitrogens is 4. The molecule has 0 aliphatic heterocycles. The van der Waals surface area contributed by atoms with Crippen LogP contribution in [0.5, 0.6) is 0 Å². The molecule has 0 saturated heterocycles. The van der Waals surface area contributed by atoms with Crippen LogP contribution in [-0.4, -0.2) is 31.2 Å². The number of nitrogens with zero attached hydrogens (tertiary/aromatic N) is 4. The summed E-state index contributed by atoms with van der Waals surface area (Å²) < 4.78 is 5.11. The second-order valence-corrected chi connectivity index (χ2v) is 3.87. The van der Waals surface area contributed by atoms with Gasteiger partial charge in [-0.25, -0.2) is 14.8 Å². The van der Waals surface area contributed by atoms with Gasteiger partial charge in [-0.05, 0) is 18.2 Å². The predicted octanol–water partition coefficient (Wildman–Crippen LogP) is 1.89. The number of carboxylic acids is 1. The third-order valence-electron chi connectivity index (χ3n) is 2.62. The third-order valence-corrected chi connectivity index (χ3v) is 2.62. The normalized spacial score (nSPS) is 10.4. The van der Waals surface area contributed by atoms with Crippen molar-refractivity contribution in [2.24, 2.45) is 0 Å². The van der Waals surface area contributed by atoms with Gasteiger partial charge in [0.2, 0.25) is 5.82 Å². The van der Waals surface area contributed by atoms with E-state index in [4.69, 9.17) is 9.63 Å². The van der Waals surface area contributed by atoms with E-state index >= 15 is 0 Å². The lowest BCUT2D eigenvalue weighted by atomic mass is 10.1. The Balaban J connectivity index is 2.05. The van der Waals surface area contributed by atoms with E-state index in [0.29, 0.717) is 11.3 Å². The molecule has 98 valence electrons. The Morgan fingerprint density at radius 1 is 1.20 bits per heavy atom. The van der Waals surface area contributed by atoms with Crippen molar-refractivity contribution in [3.8, 4) is 23.0 Å². The van der Waals surface area contributed by atoms with Crippen LogP contribution in [0.1, 0.15) is 10.4 Å². The molecule has 0 aliphatic carbocycles. The van der Waals surface area contributed by atoms with E-state index < -0.39 is 5.97 Å². The molecule has 0 aliphatic rings. The van der Waals surface area contributed by atoms with Crippen LogP contribution in [0.4, 0.5) is 0 Å². The molecule has 3 aromatic rings. The number of hydrogen-bond acceptors (Lipinski definition) is 6. The minimum absolute atomic E-state index is 0.102. The highest BCUT2D eigenvalue weighted by molar-refractivity contribution is 5.94. The second kappa shape index (κ2) is 4.88. The van der Waals surface area contributed by atoms with Gasteiger partial charge in [-0.3, -0.25) is 0 Å². The van der Waals surface area contributed by atoms with E-state index in [1.165, 1.54) is 12.4 Å². The zero-order chi connectivity index (χ0) is 13.9. The fraction of sp³-hybridized carbons (Fsp3) is 0. The van der Waals surface area contributed by atoms with Crippen LogP contribution in [0.3, 0.4) is 0 Å². The number of aromatic carboxylic acids is 1. The summed E-state index contributed by atoms with van der Waals surface area (Å²) in [4.78, 5) is 23.1. The summed E-state index contributed by atoms with van der Waals surface area (Å²) in [5, 5.41) is 12.9. The first-order chi connectivity index (χ1) is 9.75. The van der Waals surface area contributed by atoms with Crippen LogP contribution in [0, 0.1) is 0 Å². The van der Waals surface area contributed by atoms with Crippen molar-refractivity contribution in [1.29, 1.82) is 0 Å². The Labute approximate surface area is 112 Å². The topological polar surface area (TPSA) is 102 Å². The summed E-state index contributed by atoms with van der Waals surface area (Å²) in [6.07, 6.45) is 2.93. The minimum Gasteiger partial charge on any atom is -0.478 e. The average molecular weight is 268 g/mol. The third kappa shape index (κ3) is 2.12. The SMILES string of the molecule is O=C(O)c1ccccc1-c1nc(-c2ccncn2)no1. The second-order valence-electron chi connectivity index (χ2n) is 3.87. The van der Waals surface area contributed by atoms with Gasteiger partial charge in [0.15, 0.2) is 0 Å². The molecule has 7 heteroatoms. The molecule has 0 spiro atoms. The van der Waals surface area contributed by atoms with Gasteiger partial charge in [0.1, 0.15) is 12.0 Å². The van der Waals surface area contributed by atoms with Crippen LogP contribution < -0.4 is 0 Å². The Morgan fingerprint density at radius 2 is 2.05 bits per heavy atom. The molecule has 0 unspecified atom stereocenters. The number of benzene rings is 1. The molecule has 20 heavy (non-hydrogen) atoms. The van der Waals surface area contributed by atoms with Crippen molar-refractivity contribution in [1.82, 2.24) is 20.1 Å². The molecule has 1 aromatic carbocycles. The van der Waals surface area contributed by atoms with E-state index in [1.807, 2.05) is 0 Å². The van der Waals surface area contributed by atoms with Crippen LogP contribution in [0.2, 0.25) is 0 Å². The Morgan fingerprint density at radius 3 is 2.80 bits per heavy atom. The van der Waals surface area contributed by atoms with Gasteiger partial charge in [-0.15, -0.1) is 0 Å².